The highest BCUT2D eigenvalue weighted by atomic mass is 79.9. The maximum atomic E-state index is 12.2. The lowest BCUT2D eigenvalue weighted by Gasteiger charge is -2.23. The van der Waals surface area contributed by atoms with E-state index in [0.29, 0.717) is 5.75 Å². The monoisotopic (exact) mass is 312 g/mol. The van der Waals surface area contributed by atoms with E-state index in [0.717, 1.165) is 29.5 Å². The van der Waals surface area contributed by atoms with Crippen LogP contribution in [0.25, 0.3) is 0 Å². The highest BCUT2D eigenvalue weighted by molar-refractivity contribution is 9.10. The van der Waals surface area contributed by atoms with Gasteiger partial charge < -0.3 is 15.4 Å². The molecular weight excluding hydrogens is 296 g/mol. The van der Waals surface area contributed by atoms with Crippen LogP contribution in [0.3, 0.4) is 0 Å². The quantitative estimate of drug-likeness (QED) is 0.901. The molecule has 0 aromatic heterocycles. The first-order chi connectivity index (χ1) is 8.55. The standard InChI is InChI=1S/C13H17BrN2O2/c1-13(6-3-7-15-13)12(17)16-9-4-5-10(14)11(8-9)18-2/h4-5,8,15H,3,6-7H2,1-2H3,(H,16,17). The molecule has 2 N–H and O–H groups in total. The van der Waals surface area contributed by atoms with E-state index in [1.54, 1.807) is 13.2 Å². The molecule has 0 saturated carbocycles. The van der Waals surface area contributed by atoms with Crippen molar-refractivity contribution < 1.29 is 9.53 Å². The van der Waals surface area contributed by atoms with Crippen LogP contribution >= 0.6 is 15.9 Å². The molecule has 0 bridgehead atoms. The third-order valence-corrected chi connectivity index (χ3v) is 3.93. The highest BCUT2D eigenvalue weighted by Gasteiger charge is 2.35. The van der Waals surface area contributed by atoms with E-state index in [4.69, 9.17) is 4.74 Å². The van der Waals surface area contributed by atoms with Crippen molar-refractivity contribution in [2.75, 3.05) is 19.0 Å². The molecular formula is C13H17BrN2O2. The van der Waals surface area contributed by atoms with Crippen molar-refractivity contribution in [3.05, 3.63) is 22.7 Å². The number of rotatable bonds is 3. The van der Waals surface area contributed by atoms with Gasteiger partial charge in [-0.05, 0) is 54.4 Å². The molecule has 1 aromatic rings. The van der Waals surface area contributed by atoms with E-state index in [9.17, 15) is 4.79 Å². The zero-order valence-corrected chi connectivity index (χ0v) is 12.1. The molecule has 5 heteroatoms. The van der Waals surface area contributed by atoms with Gasteiger partial charge in [0.25, 0.3) is 0 Å². The van der Waals surface area contributed by atoms with Crippen LogP contribution in [0.2, 0.25) is 0 Å². The first-order valence-electron chi connectivity index (χ1n) is 5.95. The molecule has 1 aliphatic rings. The second kappa shape index (κ2) is 5.28. The number of methoxy groups -OCH3 is 1. The van der Waals surface area contributed by atoms with Gasteiger partial charge in [0.1, 0.15) is 5.75 Å². The summed E-state index contributed by atoms with van der Waals surface area (Å²) in [6, 6.07) is 5.52. The topological polar surface area (TPSA) is 50.4 Å². The first kappa shape index (κ1) is 13.4. The molecule has 1 heterocycles. The Bertz CT molecular complexity index is 456. The van der Waals surface area contributed by atoms with Crippen molar-refractivity contribution in [1.29, 1.82) is 0 Å². The van der Waals surface area contributed by atoms with Crippen molar-refractivity contribution in [2.45, 2.75) is 25.3 Å². The Morgan fingerprint density at radius 3 is 2.94 bits per heavy atom. The van der Waals surface area contributed by atoms with Crippen molar-refractivity contribution in [3.8, 4) is 5.75 Å². The number of hydrogen-bond donors (Lipinski definition) is 2. The van der Waals surface area contributed by atoms with Crippen molar-refractivity contribution in [3.63, 3.8) is 0 Å². The lowest BCUT2D eigenvalue weighted by atomic mass is 9.99. The van der Waals surface area contributed by atoms with Gasteiger partial charge in [-0.25, -0.2) is 0 Å². The number of amides is 1. The molecule has 0 spiro atoms. The summed E-state index contributed by atoms with van der Waals surface area (Å²) in [6.45, 7) is 2.83. The Labute approximate surface area is 115 Å². The first-order valence-corrected chi connectivity index (χ1v) is 6.74. The number of carbonyl (C=O) groups excluding carboxylic acids is 1. The van der Waals surface area contributed by atoms with Crippen LogP contribution in [-0.4, -0.2) is 25.1 Å². The van der Waals surface area contributed by atoms with Gasteiger partial charge in [0, 0.05) is 11.8 Å². The summed E-state index contributed by atoms with van der Waals surface area (Å²) in [7, 11) is 1.60. The summed E-state index contributed by atoms with van der Waals surface area (Å²) in [4.78, 5) is 12.2. The number of halogens is 1. The van der Waals surface area contributed by atoms with Gasteiger partial charge in [-0.3, -0.25) is 4.79 Å². The van der Waals surface area contributed by atoms with Crippen LogP contribution in [-0.2, 0) is 4.79 Å². The van der Waals surface area contributed by atoms with Gasteiger partial charge in [-0.2, -0.15) is 0 Å². The highest BCUT2D eigenvalue weighted by Crippen LogP contribution is 2.29. The second-order valence-corrected chi connectivity index (χ2v) is 5.52. The summed E-state index contributed by atoms with van der Waals surface area (Å²) in [5.74, 6) is 0.710. The van der Waals surface area contributed by atoms with Crippen molar-refractivity contribution >= 4 is 27.5 Å². The number of ether oxygens (including phenoxy) is 1. The lowest BCUT2D eigenvalue weighted by molar-refractivity contribution is -0.121. The van der Waals surface area contributed by atoms with E-state index in [-0.39, 0.29) is 5.91 Å². The summed E-state index contributed by atoms with van der Waals surface area (Å²) >= 11 is 3.38. The molecule has 1 atom stereocenters. The molecule has 1 saturated heterocycles. The Hall–Kier alpha value is -1.07. The normalized spacial score (nSPS) is 22.8. The number of benzene rings is 1. The average Bonchev–Trinajstić information content (AvgIpc) is 2.80. The van der Waals surface area contributed by atoms with Crippen molar-refractivity contribution in [1.82, 2.24) is 5.32 Å². The third-order valence-electron chi connectivity index (χ3n) is 3.28. The number of nitrogens with one attached hydrogen (secondary N) is 2. The summed E-state index contributed by atoms with van der Waals surface area (Å²) in [5, 5.41) is 6.16. The Kier molecular flexibility index (Phi) is 3.92. The van der Waals surface area contributed by atoms with Crippen LogP contribution in [0.1, 0.15) is 19.8 Å². The summed E-state index contributed by atoms with van der Waals surface area (Å²) in [5.41, 5.74) is 0.287. The molecule has 0 aliphatic carbocycles. The largest absolute Gasteiger partial charge is 0.495 e. The molecule has 2 rings (SSSR count). The Morgan fingerprint density at radius 2 is 2.33 bits per heavy atom. The molecule has 4 nitrogen and oxygen atoms in total. The minimum absolute atomic E-state index is 0.00405. The van der Waals surface area contributed by atoms with Crippen LogP contribution in [0, 0.1) is 0 Å². The van der Waals surface area contributed by atoms with E-state index < -0.39 is 5.54 Å². The predicted molar refractivity (Wildman–Crippen MR) is 75.0 cm³/mol. The van der Waals surface area contributed by atoms with Crippen LogP contribution in [0.4, 0.5) is 5.69 Å². The van der Waals surface area contributed by atoms with Crippen LogP contribution < -0.4 is 15.4 Å². The zero-order chi connectivity index (χ0) is 13.2. The fraction of sp³-hybridized carbons (Fsp3) is 0.462. The maximum absolute atomic E-state index is 12.2. The van der Waals surface area contributed by atoms with Gasteiger partial charge in [0.15, 0.2) is 0 Å². The van der Waals surface area contributed by atoms with Gasteiger partial charge in [0.05, 0.1) is 17.1 Å². The van der Waals surface area contributed by atoms with Crippen LogP contribution in [0.15, 0.2) is 22.7 Å². The molecule has 18 heavy (non-hydrogen) atoms. The minimum atomic E-state index is -0.458. The Balaban J connectivity index is 2.11. The number of carbonyl (C=O) groups is 1. The van der Waals surface area contributed by atoms with Gasteiger partial charge >= 0.3 is 0 Å². The number of anilines is 1. The smallest absolute Gasteiger partial charge is 0.244 e. The minimum Gasteiger partial charge on any atom is -0.495 e. The molecule has 1 unspecified atom stereocenters. The molecule has 1 aliphatic heterocycles. The molecule has 0 radical (unpaired) electrons. The van der Waals surface area contributed by atoms with Gasteiger partial charge in [-0.1, -0.05) is 0 Å². The van der Waals surface area contributed by atoms with Gasteiger partial charge in [0.2, 0.25) is 5.91 Å². The van der Waals surface area contributed by atoms with Crippen molar-refractivity contribution in [2.24, 2.45) is 0 Å². The van der Waals surface area contributed by atoms with E-state index in [2.05, 4.69) is 26.6 Å². The third kappa shape index (κ3) is 2.67. The molecule has 98 valence electrons. The summed E-state index contributed by atoms with van der Waals surface area (Å²) < 4.78 is 6.07. The van der Waals surface area contributed by atoms with E-state index in [1.807, 2.05) is 19.1 Å². The molecule has 1 aromatic carbocycles. The zero-order valence-electron chi connectivity index (χ0n) is 10.5. The summed E-state index contributed by atoms with van der Waals surface area (Å²) in [6.07, 6.45) is 1.90. The van der Waals surface area contributed by atoms with E-state index >= 15 is 0 Å². The fourth-order valence-corrected chi connectivity index (χ4v) is 2.50. The van der Waals surface area contributed by atoms with E-state index in [1.165, 1.54) is 0 Å². The van der Waals surface area contributed by atoms with Gasteiger partial charge in [-0.15, -0.1) is 0 Å². The fourth-order valence-electron chi connectivity index (χ4n) is 2.09. The molecule has 1 amide bonds. The Morgan fingerprint density at radius 1 is 1.56 bits per heavy atom. The van der Waals surface area contributed by atoms with Crippen LogP contribution in [0.5, 0.6) is 5.75 Å². The SMILES string of the molecule is COc1cc(NC(=O)C2(C)CCCN2)ccc1Br. The maximum Gasteiger partial charge on any atom is 0.244 e. The molecule has 1 fully saturated rings. The lowest BCUT2D eigenvalue weighted by Crippen LogP contribution is -2.47. The average molecular weight is 313 g/mol. The second-order valence-electron chi connectivity index (χ2n) is 4.67. The number of hydrogen-bond acceptors (Lipinski definition) is 3. The predicted octanol–water partition coefficient (Wildman–Crippen LogP) is 2.54.